The minimum Gasteiger partial charge on any atom is -0.497 e. The number of nitrogens with one attached hydrogen (secondary N) is 1. The van der Waals surface area contributed by atoms with E-state index in [9.17, 15) is 13.2 Å². The summed E-state index contributed by atoms with van der Waals surface area (Å²) < 4.78 is 32.1. The first-order chi connectivity index (χ1) is 14.8. The van der Waals surface area contributed by atoms with Crippen molar-refractivity contribution in [3.05, 3.63) is 65.2 Å². The molecule has 2 aromatic rings. The second-order valence-electron chi connectivity index (χ2n) is 7.86. The zero-order valence-electron chi connectivity index (χ0n) is 18.4. The summed E-state index contributed by atoms with van der Waals surface area (Å²) in [5, 5.41) is 3.05. The first-order valence-electron chi connectivity index (χ1n) is 10.5. The summed E-state index contributed by atoms with van der Waals surface area (Å²) in [6, 6.07) is 14.3. The minimum absolute atomic E-state index is 0.0535. The van der Waals surface area contributed by atoms with Gasteiger partial charge < -0.3 is 15.0 Å². The largest absolute Gasteiger partial charge is 0.497 e. The van der Waals surface area contributed by atoms with E-state index in [1.165, 1.54) is 0 Å². The van der Waals surface area contributed by atoms with Gasteiger partial charge in [-0.15, -0.1) is 0 Å². The van der Waals surface area contributed by atoms with E-state index in [0.29, 0.717) is 24.2 Å². The van der Waals surface area contributed by atoms with Crippen LogP contribution in [0.15, 0.2) is 48.5 Å². The highest BCUT2D eigenvalue weighted by Crippen LogP contribution is 2.21. The van der Waals surface area contributed by atoms with E-state index < -0.39 is 10.0 Å². The number of rotatable bonds is 8. The van der Waals surface area contributed by atoms with Crippen molar-refractivity contribution in [3.63, 3.8) is 0 Å². The van der Waals surface area contributed by atoms with E-state index in [0.717, 1.165) is 30.8 Å². The van der Waals surface area contributed by atoms with Crippen molar-refractivity contribution in [2.75, 3.05) is 40.3 Å². The van der Waals surface area contributed by atoms with Crippen LogP contribution in [0.1, 0.15) is 40.9 Å². The Morgan fingerprint density at radius 1 is 1.03 bits per heavy atom. The lowest BCUT2D eigenvalue weighted by Crippen LogP contribution is -2.47. The maximum atomic E-state index is 12.7. The van der Waals surface area contributed by atoms with Crippen LogP contribution < -0.4 is 10.1 Å². The van der Waals surface area contributed by atoms with E-state index in [4.69, 9.17) is 4.74 Å². The third kappa shape index (κ3) is 6.06. The van der Waals surface area contributed by atoms with Gasteiger partial charge in [0.25, 0.3) is 5.91 Å². The van der Waals surface area contributed by atoms with Crippen LogP contribution in [0, 0.1) is 0 Å². The van der Waals surface area contributed by atoms with Crippen LogP contribution in [0.4, 0.5) is 0 Å². The molecule has 1 aliphatic rings. The van der Waals surface area contributed by atoms with Gasteiger partial charge in [-0.25, -0.2) is 8.42 Å². The molecule has 168 valence electrons. The second kappa shape index (κ2) is 10.3. The number of piperazine rings is 1. The number of sulfonamides is 1. The average molecular weight is 446 g/mol. The van der Waals surface area contributed by atoms with Gasteiger partial charge in [-0.05, 0) is 48.9 Å². The van der Waals surface area contributed by atoms with Gasteiger partial charge in [0.1, 0.15) is 5.75 Å². The Morgan fingerprint density at radius 2 is 1.65 bits per heavy atom. The molecule has 0 aromatic heterocycles. The highest BCUT2D eigenvalue weighted by Gasteiger charge is 2.26. The molecular weight excluding hydrogens is 414 g/mol. The SMILES string of the molecule is CC[C@H](NC(=O)c1ccc(CS(=O)(=O)N2CCN(C)CC2)cc1)c1ccc(OC)cc1. The summed E-state index contributed by atoms with van der Waals surface area (Å²) in [5.74, 6) is 0.533. The average Bonchev–Trinajstić information content (AvgIpc) is 2.78. The van der Waals surface area contributed by atoms with Crippen LogP contribution in [0.3, 0.4) is 0 Å². The Bertz CT molecular complexity index is 967. The molecule has 0 bridgehead atoms. The summed E-state index contributed by atoms with van der Waals surface area (Å²) >= 11 is 0. The van der Waals surface area contributed by atoms with Crippen molar-refractivity contribution < 1.29 is 17.9 Å². The van der Waals surface area contributed by atoms with E-state index >= 15 is 0 Å². The molecule has 1 atom stereocenters. The maximum absolute atomic E-state index is 12.7. The topological polar surface area (TPSA) is 79.0 Å². The van der Waals surface area contributed by atoms with Gasteiger partial charge in [0.15, 0.2) is 0 Å². The number of hydrogen-bond donors (Lipinski definition) is 1. The second-order valence-corrected chi connectivity index (χ2v) is 9.83. The Hall–Kier alpha value is -2.42. The van der Waals surface area contributed by atoms with Crippen LogP contribution in [0.5, 0.6) is 5.75 Å². The summed E-state index contributed by atoms with van der Waals surface area (Å²) in [7, 11) is 0.249. The van der Waals surface area contributed by atoms with Gasteiger partial charge in [-0.2, -0.15) is 4.31 Å². The van der Waals surface area contributed by atoms with Gasteiger partial charge in [0.05, 0.1) is 18.9 Å². The highest BCUT2D eigenvalue weighted by atomic mass is 32.2. The monoisotopic (exact) mass is 445 g/mol. The van der Waals surface area contributed by atoms with Crippen LogP contribution in [0.25, 0.3) is 0 Å². The fraction of sp³-hybridized carbons (Fsp3) is 0.435. The Balaban J connectivity index is 1.62. The number of hydrogen-bond acceptors (Lipinski definition) is 5. The van der Waals surface area contributed by atoms with Crippen LogP contribution in [-0.2, 0) is 15.8 Å². The summed E-state index contributed by atoms with van der Waals surface area (Å²) in [5.41, 5.74) is 2.19. The van der Waals surface area contributed by atoms with Crippen LogP contribution in [0.2, 0.25) is 0 Å². The van der Waals surface area contributed by atoms with Gasteiger partial charge in [-0.3, -0.25) is 4.79 Å². The predicted octanol–water partition coefficient (Wildman–Crippen LogP) is 2.65. The van der Waals surface area contributed by atoms with Crippen LogP contribution in [-0.4, -0.2) is 63.9 Å². The standard InChI is InChI=1S/C23H31N3O4S/c1-4-22(19-9-11-21(30-3)12-10-19)24-23(27)20-7-5-18(6-8-20)17-31(28,29)26-15-13-25(2)14-16-26/h5-12,22H,4,13-17H2,1-3H3,(H,24,27)/t22-/m0/s1. The maximum Gasteiger partial charge on any atom is 0.251 e. The number of benzene rings is 2. The molecule has 0 unspecified atom stereocenters. The fourth-order valence-electron chi connectivity index (χ4n) is 3.62. The molecule has 1 aliphatic heterocycles. The van der Waals surface area contributed by atoms with E-state index in [1.54, 1.807) is 35.7 Å². The van der Waals surface area contributed by atoms with E-state index in [-0.39, 0.29) is 17.7 Å². The summed E-state index contributed by atoms with van der Waals surface area (Å²) in [6.45, 7) is 4.53. The molecule has 7 nitrogen and oxygen atoms in total. The zero-order valence-corrected chi connectivity index (χ0v) is 19.2. The van der Waals surface area contributed by atoms with Crippen molar-refractivity contribution in [2.24, 2.45) is 0 Å². The molecule has 8 heteroatoms. The number of methoxy groups -OCH3 is 1. The highest BCUT2D eigenvalue weighted by molar-refractivity contribution is 7.88. The smallest absolute Gasteiger partial charge is 0.251 e. The van der Waals surface area contributed by atoms with Crippen molar-refractivity contribution in [1.82, 2.24) is 14.5 Å². The van der Waals surface area contributed by atoms with E-state index in [2.05, 4.69) is 10.2 Å². The zero-order chi connectivity index (χ0) is 22.4. The Kier molecular flexibility index (Phi) is 7.69. The number of nitrogens with zero attached hydrogens (tertiary/aromatic N) is 2. The number of carbonyl (C=O) groups is 1. The Morgan fingerprint density at radius 3 is 2.19 bits per heavy atom. The predicted molar refractivity (Wildman–Crippen MR) is 122 cm³/mol. The lowest BCUT2D eigenvalue weighted by molar-refractivity contribution is 0.0935. The minimum atomic E-state index is -3.36. The number of amides is 1. The van der Waals surface area contributed by atoms with Gasteiger partial charge in [0.2, 0.25) is 10.0 Å². The molecule has 1 fully saturated rings. The van der Waals surface area contributed by atoms with Gasteiger partial charge in [0, 0.05) is 31.7 Å². The molecule has 31 heavy (non-hydrogen) atoms. The third-order valence-electron chi connectivity index (χ3n) is 5.65. The molecule has 0 spiro atoms. The van der Waals surface area contributed by atoms with Crippen molar-refractivity contribution in [1.29, 1.82) is 0 Å². The first-order valence-corrected chi connectivity index (χ1v) is 12.1. The number of likely N-dealkylation sites (N-methyl/N-ethyl adjacent to an activating group) is 1. The van der Waals surface area contributed by atoms with Crippen molar-refractivity contribution in [2.45, 2.75) is 25.1 Å². The molecule has 0 aliphatic carbocycles. The Labute approximate surface area is 185 Å². The molecular formula is C23H31N3O4S. The molecule has 0 saturated carbocycles. The molecule has 0 radical (unpaired) electrons. The van der Waals surface area contributed by atoms with Crippen molar-refractivity contribution in [3.8, 4) is 5.75 Å². The van der Waals surface area contributed by atoms with Gasteiger partial charge in [-0.1, -0.05) is 31.2 Å². The molecule has 1 N–H and O–H groups in total. The lowest BCUT2D eigenvalue weighted by Gasteiger charge is -2.31. The quantitative estimate of drug-likeness (QED) is 0.676. The molecule has 1 heterocycles. The van der Waals surface area contributed by atoms with Crippen molar-refractivity contribution >= 4 is 15.9 Å². The molecule has 1 amide bonds. The third-order valence-corrected chi connectivity index (χ3v) is 7.50. The normalized spacial score (nSPS) is 16.6. The summed E-state index contributed by atoms with van der Waals surface area (Å²) in [6.07, 6.45) is 0.749. The molecule has 3 rings (SSSR count). The van der Waals surface area contributed by atoms with Crippen LogP contribution >= 0.6 is 0 Å². The molecule has 1 saturated heterocycles. The fourth-order valence-corrected chi connectivity index (χ4v) is 5.14. The number of ether oxygens (including phenoxy) is 1. The van der Waals surface area contributed by atoms with E-state index in [1.807, 2.05) is 38.2 Å². The number of carbonyl (C=O) groups excluding carboxylic acids is 1. The van der Waals surface area contributed by atoms with Gasteiger partial charge >= 0.3 is 0 Å². The first kappa shape index (κ1) is 23.2. The molecule has 2 aromatic carbocycles. The summed E-state index contributed by atoms with van der Waals surface area (Å²) in [4.78, 5) is 14.8. The lowest BCUT2D eigenvalue weighted by atomic mass is 10.0.